The molecule has 8 nitrogen and oxygen atoms in total. The zero-order valence-corrected chi connectivity index (χ0v) is 18.3. The largest absolute Gasteiger partial charge is 0.467 e. The molecule has 3 aromatic rings. The molecule has 1 unspecified atom stereocenters. The Kier molecular flexibility index (Phi) is 5.46. The molecule has 4 rings (SSSR count). The Morgan fingerprint density at radius 1 is 1.23 bits per heavy atom. The highest BCUT2D eigenvalue weighted by Crippen LogP contribution is 2.34. The molecule has 0 saturated carbocycles. The Labute approximate surface area is 179 Å². The Morgan fingerprint density at radius 2 is 2.00 bits per heavy atom. The van der Waals surface area contributed by atoms with E-state index in [0.29, 0.717) is 11.6 Å². The third-order valence-electron chi connectivity index (χ3n) is 4.82. The fourth-order valence-electron chi connectivity index (χ4n) is 3.25. The number of benzene rings is 1. The number of amides is 1. The molecule has 3 heterocycles. The second-order valence-electron chi connectivity index (χ2n) is 8.22. The van der Waals surface area contributed by atoms with E-state index < -0.39 is 0 Å². The summed E-state index contributed by atoms with van der Waals surface area (Å²) in [6.45, 7) is 8.09. The van der Waals surface area contributed by atoms with Crippen LogP contribution in [0, 0.1) is 6.92 Å². The van der Waals surface area contributed by atoms with E-state index in [2.05, 4.69) is 20.6 Å². The first kappa shape index (κ1) is 20.3. The molecule has 1 aliphatic heterocycles. The SMILES string of the molecule is Cc1ccc(C2=NN(C(=O)CSc3nnnn3C(C)(C)C)C(c3ccco3)C2)cc1. The molecular weight excluding hydrogens is 400 g/mol. The van der Waals surface area contributed by atoms with Crippen LogP contribution in [0.2, 0.25) is 0 Å². The normalized spacial score (nSPS) is 16.7. The number of rotatable bonds is 5. The van der Waals surface area contributed by atoms with Crippen molar-refractivity contribution in [2.24, 2.45) is 5.10 Å². The number of furan rings is 1. The monoisotopic (exact) mass is 424 g/mol. The predicted octanol–water partition coefficient (Wildman–Crippen LogP) is 3.80. The Morgan fingerprint density at radius 3 is 2.67 bits per heavy atom. The van der Waals surface area contributed by atoms with E-state index in [9.17, 15) is 4.79 Å². The predicted molar refractivity (Wildman–Crippen MR) is 114 cm³/mol. The molecule has 2 aromatic heterocycles. The Bertz CT molecular complexity index is 1050. The van der Waals surface area contributed by atoms with Crippen LogP contribution >= 0.6 is 11.8 Å². The quantitative estimate of drug-likeness (QED) is 0.579. The number of hydrogen-bond donors (Lipinski definition) is 0. The molecule has 0 aliphatic carbocycles. The number of aryl methyl sites for hydroxylation is 1. The zero-order chi connectivity index (χ0) is 21.3. The minimum atomic E-state index is -0.268. The van der Waals surface area contributed by atoms with Crippen LogP contribution in [-0.4, -0.2) is 42.6 Å². The van der Waals surface area contributed by atoms with Gasteiger partial charge in [-0.05, 0) is 55.8 Å². The molecular formula is C21H24N6O2S. The second-order valence-corrected chi connectivity index (χ2v) is 9.16. The van der Waals surface area contributed by atoms with Crippen LogP contribution < -0.4 is 0 Å². The number of carbonyl (C=O) groups excluding carboxylic acids is 1. The third-order valence-corrected chi connectivity index (χ3v) is 5.73. The molecule has 0 bridgehead atoms. The fraction of sp³-hybridized carbons (Fsp3) is 0.381. The Hall–Kier alpha value is -2.94. The zero-order valence-electron chi connectivity index (χ0n) is 17.4. The first-order chi connectivity index (χ1) is 14.3. The summed E-state index contributed by atoms with van der Waals surface area (Å²) in [5.41, 5.74) is 2.79. The van der Waals surface area contributed by atoms with Gasteiger partial charge < -0.3 is 4.42 Å². The van der Waals surface area contributed by atoms with E-state index in [-0.39, 0.29) is 23.2 Å². The van der Waals surface area contributed by atoms with Crippen molar-refractivity contribution in [3.8, 4) is 0 Å². The summed E-state index contributed by atoms with van der Waals surface area (Å²) in [5, 5.41) is 18.7. The smallest absolute Gasteiger partial charge is 0.253 e. The average molecular weight is 425 g/mol. The lowest BCUT2D eigenvalue weighted by Crippen LogP contribution is -2.29. The van der Waals surface area contributed by atoms with E-state index in [1.165, 1.54) is 22.3 Å². The van der Waals surface area contributed by atoms with Gasteiger partial charge in [-0.25, -0.2) is 9.69 Å². The summed E-state index contributed by atoms with van der Waals surface area (Å²) in [4.78, 5) is 13.1. The number of hydrogen-bond acceptors (Lipinski definition) is 7. The van der Waals surface area contributed by atoms with Gasteiger partial charge in [-0.1, -0.05) is 41.6 Å². The van der Waals surface area contributed by atoms with Crippen molar-refractivity contribution < 1.29 is 9.21 Å². The molecule has 1 aromatic carbocycles. The van der Waals surface area contributed by atoms with Crippen LogP contribution in [0.1, 0.15) is 50.1 Å². The lowest BCUT2D eigenvalue weighted by atomic mass is 10.0. The summed E-state index contributed by atoms with van der Waals surface area (Å²) in [6.07, 6.45) is 2.22. The van der Waals surface area contributed by atoms with Crippen molar-refractivity contribution in [2.45, 2.75) is 50.9 Å². The van der Waals surface area contributed by atoms with Crippen LogP contribution in [0.4, 0.5) is 0 Å². The molecule has 1 atom stereocenters. The number of thioether (sulfide) groups is 1. The van der Waals surface area contributed by atoms with Gasteiger partial charge in [0.25, 0.3) is 5.91 Å². The summed E-state index contributed by atoms with van der Waals surface area (Å²) in [5.74, 6) is 0.781. The van der Waals surface area contributed by atoms with Gasteiger partial charge in [0.2, 0.25) is 5.16 Å². The van der Waals surface area contributed by atoms with Crippen molar-refractivity contribution in [3.63, 3.8) is 0 Å². The number of nitrogens with zero attached hydrogens (tertiary/aromatic N) is 6. The summed E-state index contributed by atoms with van der Waals surface area (Å²) in [6, 6.07) is 11.6. The molecule has 0 fully saturated rings. The molecule has 0 radical (unpaired) electrons. The molecule has 0 saturated heterocycles. The minimum absolute atomic E-state index is 0.119. The average Bonchev–Trinajstić information content (AvgIpc) is 3.45. The first-order valence-electron chi connectivity index (χ1n) is 9.74. The maximum Gasteiger partial charge on any atom is 0.253 e. The second kappa shape index (κ2) is 8.06. The van der Waals surface area contributed by atoms with E-state index in [1.54, 1.807) is 10.9 Å². The molecule has 0 spiro atoms. The van der Waals surface area contributed by atoms with Gasteiger partial charge in [0.1, 0.15) is 11.8 Å². The van der Waals surface area contributed by atoms with Crippen molar-refractivity contribution >= 4 is 23.4 Å². The van der Waals surface area contributed by atoms with Crippen molar-refractivity contribution in [1.82, 2.24) is 25.2 Å². The molecule has 30 heavy (non-hydrogen) atoms. The summed E-state index contributed by atoms with van der Waals surface area (Å²) in [7, 11) is 0. The van der Waals surface area contributed by atoms with Gasteiger partial charge in [0, 0.05) is 6.42 Å². The molecule has 1 amide bonds. The highest BCUT2D eigenvalue weighted by Gasteiger charge is 2.35. The molecule has 1 aliphatic rings. The van der Waals surface area contributed by atoms with Gasteiger partial charge in [0.15, 0.2) is 0 Å². The van der Waals surface area contributed by atoms with Crippen molar-refractivity contribution in [2.75, 3.05) is 5.75 Å². The molecule has 9 heteroatoms. The van der Waals surface area contributed by atoms with Crippen LogP contribution in [-0.2, 0) is 10.3 Å². The van der Waals surface area contributed by atoms with E-state index in [4.69, 9.17) is 4.42 Å². The van der Waals surface area contributed by atoms with Gasteiger partial charge in [-0.3, -0.25) is 4.79 Å². The van der Waals surface area contributed by atoms with E-state index >= 15 is 0 Å². The van der Waals surface area contributed by atoms with Crippen LogP contribution in [0.3, 0.4) is 0 Å². The highest BCUT2D eigenvalue weighted by atomic mass is 32.2. The van der Waals surface area contributed by atoms with Crippen molar-refractivity contribution in [3.05, 3.63) is 59.5 Å². The van der Waals surface area contributed by atoms with Gasteiger partial charge in [-0.2, -0.15) is 5.10 Å². The fourth-order valence-corrected chi connectivity index (χ4v) is 4.16. The Balaban J connectivity index is 1.55. The molecule has 0 N–H and O–H groups in total. The third kappa shape index (κ3) is 4.16. The minimum Gasteiger partial charge on any atom is -0.467 e. The van der Waals surface area contributed by atoms with Gasteiger partial charge in [0.05, 0.1) is 23.3 Å². The lowest BCUT2D eigenvalue weighted by molar-refractivity contribution is -0.130. The van der Waals surface area contributed by atoms with Crippen LogP contribution in [0.15, 0.2) is 57.3 Å². The summed E-state index contributed by atoms with van der Waals surface area (Å²) < 4.78 is 7.33. The number of hydrazone groups is 1. The van der Waals surface area contributed by atoms with Crippen molar-refractivity contribution in [1.29, 1.82) is 0 Å². The molecule has 156 valence electrons. The standard InChI is InChI=1S/C21H24N6O2S/c1-14-7-9-15(10-8-14)16-12-17(18-6-5-11-29-18)26(23-16)19(28)13-30-20-22-24-25-27(20)21(2,3)4/h5-11,17H,12-13H2,1-4H3. The van der Waals surface area contributed by atoms with Crippen LogP contribution in [0.5, 0.6) is 0 Å². The topological polar surface area (TPSA) is 89.4 Å². The maximum atomic E-state index is 13.1. The number of tetrazole rings is 1. The van der Waals surface area contributed by atoms with Crippen LogP contribution in [0.25, 0.3) is 0 Å². The van der Waals surface area contributed by atoms with E-state index in [0.717, 1.165) is 17.0 Å². The van der Waals surface area contributed by atoms with E-state index in [1.807, 2.05) is 64.1 Å². The highest BCUT2D eigenvalue weighted by molar-refractivity contribution is 7.99. The van der Waals surface area contributed by atoms with Gasteiger partial charge >= 0.3 is 0 Å². The maximum absolute atomic E-state index is 13.1. The van der Waals surface area contributed by atoms with Gasteiger partial charge in [-0.15, -0.1) is 5.10 Å². The summed E-state index contributed by atoms with van der Waals surface area (Å²) >= 11 is 1.31. The number of aromatic nitrogens is 4. The number of carbonyl (C=O) groups is 1. The first-order valence-corrected chi connectivity index (χ1v) is 10.7. The lowest BCUT2D eigenvalue weighted by Gasteiger charge is -2.21.